The first-order chi connectivity index (χ1) is 9.74. The van der Waals surface area contributed by atoms with Crippen LogP contribution in [0.15, 0.2) is 6.07 Å². The third-order valence-electron chi connectivity index (χ3n) is 3.41. The first-order valence-electron chi connectivity index (χ1n) is 7.18. The number of anilines is 1. The highest BCUT2D eigenvalue weighted by Gasteiger charge is 2.15. The highest BCUT2D eigenvalue weighted by molar-refractivity contribution is 5.80. The molecule has 0 saturated carbocycles. The molecule has 0 spiro atoms. The van der Waals surface area contributed by atoms with Gasteiger partial charge in [0.2, 0.25) is 5.91 Å². The lowest BCUT2D eigenvalue weighted by molar-refractivity contribution is -0.119. The van der Waals surface area contributed by atoms with E-state index in [9.17, 15) is 10.1 Å². The Kier molecular flexibility index (Phi) is 4.94. The molecule has 0 fully saturated rings. The van der Waals surface area contributed by atoms with Gasteiger partial charge in [-0.3, -0.25) is 4.79 Å². The summed E-state index contributed by atoms with van der Waals surface area (Å²) in [5, 5.41) is 15.0. The van der Waals surface area contributed by atoms with Crippen molar-refractivity contribution >= 4 is 11.7 Å². The summed E-state index contributed by atoms with van der Waals surface area (Å²) in [7, 11) is 0. The van der Waals surface area contributed by atoms with Gasteiger partial charge >= 0.3 is 0 Å². The number of pyridine rings is 1. The van der Waals surface area contributed by atoms with Gasteiger partial charge in [0.1, 0.15) is 11.9 Å². The maximum atomic E-state index is 11.6. The number of rotatable bonds is 5. The van der Waals surface area contributed by atoms with E-state index in [1.54, 1.807) is 0 Å². The molecule has 0 atom stereocenters. The van der Waals surface area contributed by atoms with Gasteiger partial charge in [0.25, 0.3) is 0 Å². The second-order valence-electron chi connectivity index (χ2n) is 5.01. The smallest absolute Gasteiger partial charge is 0.239 e. The predicted molar refractivity (Wildman–Crippen MR) is 77.4 cm³/mol. The van der Waals surface area contributed by atoms with E-state index in [-0.39, 0.29) is 12.5 Å². The van der Waals surface area contributed by atoms with Gasteiger partial charge in [-0.1, -0.05) is 6.92 Å². The van der Waals surface area contributed by atoms with E-state index < -0.39 is 0 Å². The summed E-state index contributed by atoms with van der Waals surface area (Å²) >= 11 is 0. The number of amides is 1. The van der Waals surface area contributed by atoms with Crippen molar-refractivity contribution in [2.24, 2.45) is 0 Å². The van der Waals surface area contributed by atoms with Crippen molar-refractivity contribution in [1.82, 2.24) is 10.3 Å². The molecule has 1 amide bonds. The number of carbonyl (C=O) groups is 1. The normalized spacial score (nSPS) is 13.2. The molecule has 1 aromatic heterocycles. The van der Waals surface area contributed by atoms with Crippen molar-refractivity contribution in [3.8, 4) is 6.07 Å². The largest absolute Gasteiger partial charge is 0.360 e. The van der Waals surface area contributed by atoms with Crippen LogP contribution >= 0.6 is 0 Å². The number of hydrogen-bond donors (Lipinski definition) is 2. The minimum absolute atomic E-state index is 0.0738. The van der Waals surface area contributed by atoms with Crippen molar-refractivity contribution in [2.45, 2.75) is 39.0 Å². The molecule has 106 valence electrons. The number of hydrogen-bond acceptors (Lipinski definition) is 4. The highest BCUT2D eigenvalue weighted by atomic mass is 16.1. The van der Waals surface area contributed by atoms with E-state index in [1.165, 1.54) is 5.56 Å². The molecule has 1 aromatic rings. The molecular formula is C15H20N4O. The van der Waals surface area contributed by atoms with Gasteiger partial charge in [-0.2, -0.15) is 5.26 Å². The molecule has 0 radical (unpaired) electrons. The van der Waals surface area contributed by atoms with Crippen molar-refractivity contribution in [3.05, 3.63) is 22.9 Å². The Bertz CT molecular complexity index is 533. The summed E-state index contributed by atoms with van der Waals surface area (Å²) in [6.45, 7) is 2.83. The zero-order chi connectivity index (χ0) is 14.4. The van der Waals surface area contributed by atoms with Crippen LogP contribution in [0.25, 0.3) is 0 Å². The fraction of sp³-hybridized carbons (Fsp3) is 0.533. The number of aromatic nitrogens is 1. The molecule has 1 heterocycles. The molecule has 0 aliphatic heterocycles. The Balaban J connectivity index is 2.07. The zero-order valence-corrected chi connectivity index (χ0v) is 11.8. The zero-order valence-electron chi connectivity index (χ0n) is 11.8. The molecule has 1 aliphatic rings. The van der Waals surface area contributed by atoms with Crippen molar-refractivity contribution in [3.63, 3.8) is 0 Å². The Morgan fingerprint density at radius 1 is 1.45 bits per heavy atom. The van der Waals surface area contributed by atoms with Crippen molar-refractivity contribution in [1.29, 1.82) is 5.26 Å². The summed E-state index contributed by atoms with van der Waals surface area (Å²) in [6, 6.07) is 4.07. The number of carbonyl (C=O) groups excluding carboxylic acids is 1. The molecule has 0 bridgehead atoms. The standard InChI is InChI=1S/C15H20N4O/c1-2-7-17-14(20)10-18-15-12(9-16)8-11-5-3-4-6-13(11)19-15/h8H,2-7,10H2,1H3,(H,17,20)(H,18,19). The van der Waals surface area contributed by atoms with Gasteiger partial charge in [-0.05, 0) is 43.7 Å². The predicted octanol–water partition coefficient (Wildman–Crippen LogP) is 1.77. The molecule has 0 aromatic carbocycles. The Morgan fingerprint density at radius 3 is 3.00 bits per heavy atom. The van der Waals surface area contributed by atoms with Crippen LogP contribution in [-0.4, -0.2) is 24.0 Å². The third-order valence-corrected chi connectivity index (χ3v) is 3.41. The SMILES string of the molecule is CCCNC(=O)CNc1nc2c(cc1C#N)CCCC2. The number of nitriles is 1. The van der Waals surface area contributed by atoms with Crippen LogP contribution in [0.2, 0.25) is 0 Å². The van der Waals surface area contributed by atoms with Gasteiger partial charge in [-0.25, -0.2) is 4.98 Å². The summed E-state index contributed by atoms with van der Waals surface area (Å²) < 4.78 is 0. The number of fused-ring (bicyclic) bond motifs is 1. The molecule has 5 nitrogen and oxygen atoms in total. The van der Waals surface area contributed by atoms with Crippen LogP contribution in [0.4, 0.5) is 5.82 Å². The lowest BCUT2D eigenvalue weighted by Crippen LogP contribution is -2.30. The number of nitrogens with one attached hydrogen (secondary N) is 2. The summed E-state index contributed by atoms with van der Waals surface area (Å²) in [4.78, 5) is 16.1. The van der Waals surface area contributed by atoms with Gasteiger partial charge in [0.05, 0.1) is 12.1 Å². The molecule has 1 aliphatic carbocycles. The van der Waals surface area contributed by atoms with E-state index in [1.807, 2.05) is 13.0 Å². The molecule has 2 rings (SSSR count). The first kappa shape index (κ1) is 14.3. The summed E-state index contributed by atoms with van der Waals surface area (Å²) in [5.74, 6) is 0.454. The molecule has 0 unspecified atom stereocenters. The van der Waals surface area contributed by atoms with Gasteiger partial charge < -0.3 is 10.6 Å². The third kappa shape index (κ3) is 3.47. The molecule has 0 saturated heterocycles. The van der Waals surface area contributed by atoms with Gasteiger partial charge in [0, 0.05) is 12.2 Å². The number of nitrogens with zero attached hydrogens (tertiary/aromatic N) is 2. The second kappa shape index (κ2) is 6.90. The van der Waals surface area contributed by atoms with E-state index in [2.05, 4.69) is 21.7 Å². The fourth-order valence-electron chi connectivity index (χ4n) is 2.34. The Labute approximate surface area is 119 Å². The fourth-order valence-corrected chi connectivity index (χ4v) is 2.34. The monoisotopic (exact) mass is 272 g/mol. The van der Waals surface area contributed by atoms with Gasteiger partial charge in [0.15, 0.2) is 0 Å². The van der Waals surface area contributed by atoms with E-state index in [0.717, 1.165) is 37.8 Å². The van der Waals surface area contributed by atoms with Gasteiger partial charge in [-0.15, -0.1) is 0 Å². The van der Waals surface area contributed by atoms with Crippen LogP contribution in [0, 0.1) is 11.3 Å². The molecule has 5 heteroatoms. The van der Waals surface area contributed by atoms with Crippen LogP contribution in [0.3, 0.4) is 0 Å². The van der Waals surface area contributed by atoms with Crippen LogP contribution in [-0.2, 0) is 17.6 Å². The van der Waals surface area contributed by atoms with Crippen molar-refractivity contribution in [2.75, 3.05) is 18.4 Å². The maximum absolute atomic E-state index is 11.6. The minimum atomic E-state index is -0.0738. The topological polar surface area (TPSA) is 77.8 Å². The second-order valence-corrected chi connectivity index (χ2v) is 5.01. The molecular weight excluding hydrogens is 252 g/mol. The van der Waals surface area contributed by atoms with Crippen LogP contribution in [0.1, 0.15) is 43.0 Å². The lowest BCUT2D eigenvalue weighted by Gasteiger charge is -2.17. The minimum Gasteiger partial charge on any atom is -0.360 e. The Hall–Kier alpha value is -2.09. The average molecular weight is 272 g/mol. The van der Waals surface area contributed by atoms with E-state index >= 15 is 0 Å². The summed E-state index contributed by atoms with van der Waals surface area (Å²) in [5.41, 5.74) is 2.76. The number of aryl methyl sites for hydroxylation is 2. The lowest BCUT2D eigenvalue weighted by atomic mass is 9.95. The molecule has 20 heavy (non-hydrogen) atoms. The quantitative estimate of drug-likeness (QED) is 0.856. The van der Waals surface area contributed by atoms with Crippen LogP contribution in [0.5, 0.6) is 0 Å². The first-order valence-corrected chi connectivity index (χ1v) is 7.18. The molecule has 2 N–H and O–H groups in total. The van der Waals surface area contributed by atoms with E-state index in [4.69, 9.17) is 0 Å². The van der Waals surface area contributed by atoms with E-state index in [0.29, 0.717) is 17.9 Å². The maximum Gasteiger partial charge on any atom is 0.239 e. The highest BCUT2D eigenvalue weighted by Crippen LogP contribution is 2.24. The van der Waals surface area contributed by atoms with Crippen LogP contribution < -0.4 is 10.6 Å². The summed E-state index contributed by atoms with van der Waals surface area (Å²) in [6.07, 6.45) is 5.16. The average Bonchev–Trinajstić information content (AvgIpc) is 2.49. The Morgan fingerprint density at radius 2 is 2.25 bits per heavy atom. The van der Waals surface area contributed by atoms with Crippen molar-refractivity contribution < 1.29 is 4.79 Å².